The number of ether oxygens (including phenoxy) is 1. The average Bonchev–Trinajstić information content (AvgIpc) is 2.83. The van der Waals surface area contributed by atoms with Crippen LogP contribution in [0.15, 0.2) is 12.1 Å². The predicted octanol–water partition coefficient (Wildman–Crippen LogP) is 2.46. The van der Waals surface area contributed by atoms with Crippen LogP contribution < -0.4 is 0 Å². The lowest BCUT2D eigenvalue weighted by molar-refractivity contribution is 0.0906. The molecular formula is C13H21NO2S. The van der Waals surface area contributed by atoms with Gasteiger partial charge in [0.2, 0.25) is 0 Å². The van der Waals surface area contributed by atoms with E-state index in [-0.39, 0.29) is 5.78 Å². The molecule has 0 aliphatic rings. The summed E-state index contributed by atoms with van der Waals surface area (Å²) in [6.45, 7) is 7.02. The molecule has 0 aliphatic carbocycles. The summed E-state index contributed by atoms with van der Waals surface area (Å²) in [5.74, 6) is 0.215. The van der Waals surface area contributed by atoms with E-state index in [0.717, 1.165) is 24.4 Å². The third-order valence-electron chi connectivity index (χ3n) is 2.71. The third-order valence-corrected chi connectivity index (χ3v) is 3.98. The van der Waals surface area contributed by atoms with E-state index in [1.165, 1.54) is 4.88 Å². The summed E-state index contributed by atoms with van der Waals surface area (Å²) < 4.78 is 5.03. The molecule has 0 saturated heterocycles. The van der Waals surface area contributed by atoms with Crippen molar-refractivity contribution < 1.29 is 9.53 Å². The van der Waals surface area contributed by atoms with Crippen LogP contribution >= 0.6 is 11.3 Å². The van der Waals surface area contributed by atoms with Gasteiger partial charge in [-0.15, -0.1) is 11.3 Å². The molecule has 0 aromatic carbocycles. The number of hydrogen-bond donors (Lipinski definition) is 0. The number of thiophene rings is 1. The van der Waals surface area contributed by atoms with E-state index in [9.17, 15) is 4.79 Å². The van der Waals surface area contributed by atoms with Crippen LogP contribution in [-0.2, 0) is 11.2 Å². The molecule has 0 radical (unpaired) electrons. The van der Waals surface area contributed by atoms with Gasteiger partial charge in [0, 0.05) is 18.5 Å². The minimum atomic E-state index is 0.215. The van der Waals surface area contributed by atoms with Gasteiger partial charge in [-0.1, -0.05) is 13.8 Å². The molecule has 0 N–H and O–H groups in total. The van der Waals surface area contributed by atoms with Gasteiger partial charge in [-0.3, -0.25) is 9.69 Å². The van der Waals surface area contributed by atoms with Crippen LogP contribution in [0.3, 0.4) is 0 Å². The number of likely N-dealkylation sites (N-methyl/N-ethyl adjacent to an activating group) is 1. The molecule has 0 atom stereocenters. The zero-order valence-electron chi connectivity index (χ0n) is 10.9. The molecule has 0 aliphatic heterocycles. The van der Waals surface area contributed by atoms with Crippen LogP contribution in [0.4, 0.5) is 0 Å². The fourth-order valence-corrected chi connectivity index (χ4v) is 2.45. The summed E-state index contributed by atoms with van der Waals surface area (Å²) in [7, 11) is 1.68. The largest absolute Gasteiger partial charge is 0.383 e. The SMILES string of the molecule is CCc1ccc(C(=O)CN(CC)CCOC)s1. The smallest absolute Gasteiger partial charge is 0.186 e. The third kappa shape index (κ3) is 4.58. The topological polar surface area (TPSA) is 29.5 Å². The Morgan fingerprint density at radius 3 is 2.71 bits per heavy atom. The van der Waals surface area contributed by atoms with Gasteiger partial charge in [-0.25, -0.2) is 0 Å². The maximum Gasteiger partial charge on any atom is 0.186 e. The molecule has 1 aromatic heterocycles. The maximum absolute atomic E-state index is 12.0. The molecule has 4 heteroatoms. The van der Waals surface area contributed by atoms with Crippen LogP contribution in [0, 0.1) is 0 Å². The number of hydrogen-bond acceptors (Lipinski definition) is 4. The van der Waals surface area contributed by atoms with E-state index in [1.54, 1.807) is 18.4 Å². The summed E-state index contributed by atoms with van der Waals surface area (Å²) in [5, 5.41) is 0. The number of aryl methyl sites for hydroxylation is 1. The van der Waals surface area contributed by atoms with Crippen molar-refractivity contribution in [3.63, 3.8) is 0 Å². The summed E-state index contributed by atoms with van der Waals surface area (Å²) >= 11 is 1.61. The van der Waals surface area contributed by atoms with Crippen molar-refractivity contribution in [2.75, 3.05) is 33.4 Å². The lowest BCUT2D eigenvalue weighted by atomic mass is 10.3. The number of methoxy groups -OCH3 is 1. The van der Waals surface area contributed by atoms with E-state index in [1.807, 2.05) is 12.1 Å². The molecule has 1 heterocycles. The van der Waals surface area contributed by atoms with Gasteiger partial charge in [-0.2, -0.15) is 0 Å². The Hall–Kier alpha value is -0.710. The molecule has 0 fully saturated rings. The highest BCUT2D eigenvalue weighted by Gasteiger charge is 2.12. The molecule has 1 rings (SSSR count). The lowest BCUT2D eigenvalue weighted by Crippen LogP contribution is -2.32. The number of ketones is 1. The normalized spacial score (nSPS) is 11.1. The van der Waals surface area contributed by atoms with Gasteiger partial charge < -0.3 is 4.74 Å². The molecule has 17 heavy (non-hydrogen) atoms. The number of Topliss-reactive ketones (excluding diaryl/α,β-unsaturated/α-hetero) is 1. The predicted molar refractivity (Wildman–Crippen MR) is 72.0 cm³/mol. The Morgan fingerprint density at radius 1 is 1.41 bits per heavy atom. The van der Waals surface area contributed by atoms with Crippen molar-refractivity contribution in [3.05, 3.63) is 21.9 Å². The summed E-state index contributed by atoms with van der Waals surface area (Å²) in [5.41, 5.74) is 0. The van der Waals surface area contributed by atoms with E-state index >= 15 is 0 Å². The fourth-order valence-electron chi connectivity index (χ4n) is 1.57. The molecule has 96 valence electrons. The first kappa shape index (κ1) is 14.4. The van der Waals surface area contributed by atoms with Crippen molar-refractivity contribution in [1.82, 2.24) is 4.90 Å². The molecule has 0 amide bonds. The zero-order chi connectivity index (χ0) is 12.7. The van der Waals surface area contributed by atoms with Crippen molar-refractivity contribution >= 4 is 17.1 Å². The van der Waals surface area contributed by atoms with Gasteiger partial charge in [0.1, 0.15) is 0 Å². The first-order valence-corrected chi connectivity index (χ1v) is 6.86. The summed E-state index contributed by atoms with van der Waals surface area (Å²) in [6.07, 6.45) is 0.999. The summed E-state index contributed by atoms with van der Waals surface area (Å²) in [4.78, 5) is 16.3. The molecule has 0 unspecified atom stereocenters. The average molecular weight is 255 g/mol. The fraction of sp³-hybridized carbons (Fsp3) is 0.615. The van der Waals surface area contributed by atoms with E-state index in [0.29, 0.717) is 13.2 Å². The Bertz CT molecular complexity index is 349. The second kappa shape index (κ2) is 7.58. The highest BCUT2D eigenvalue weighted by molar-refractivity contribution is 7.14. The second-order valence-corrected chi connectivity index (χ2v) is 5.07. The van der Waals surface area contributed by atoms with Crippen LogP contribution in [0.1, 0.15) is 28.4 Å². The Morgan fingerprint density at radius 2 is 2.18 bits per heavy atom. The van der Waals surface area contributed by atoms with E-state index in [4.69, 9.17) is 4.74 Å². The minimum Gasteiger partial charge on any atom is -0.383 e. The van der Waals surface area contributed by atoms with Crippen LogP contribution in [0.2, 0.25) is 0 Å². The van der Waals surface area contributed by atoms with Crippen LogP contribution in [0.5, 0.6) is 0 Å². The molecule has 0 saturated carbocycles. The molecular weight excluding hydrogens is 234 g/mol. The van der Waals surface area contributed by atoms with Gasteiger partial charge in [0.15, 0.2) is 5.78 Å². The van der Waals surface area contributed by atoms with Crippen molar-refractivity contribution in [2.24, 2.45) is 0 Å². The maximum atomic E-state index is 12.0. The number of nitrogens with zero attached hydrogens (tertiary/aromatic N) is 1. The molecule has 0 spiro atoms. The van der Waals surface area contributed by atoms with Crippen LogP contribution in [-0.4, -0.2) is 44.0 Å². The quantitative estimate of drug-likeness (QED) is 0.668. The van der Waals surface area contributed by atoms with Crippen molar-refractivity contribution in [2.45, 2.75) is 20.3 Å². The van der Waals surface area contributed by atoms with E-state index < -0.39 is 0 Å². The van der Waals surface area contributed by atoms with Gasteiger partial charge in [0.25, 0.3) is 0 Å². The molecule has 3 nitrogen and oxygen atoms in total. The Balaban J connectivity index is 2.51. The standard InChI is InChI=1S/C13H21NO2S/c1-4-11-6-7-13(17-11)12(15)10-14(5-2)8-9-16-3/h6-7H,4-5,8-10H2,1-3H3. The second-order valence-electron chi connectivity index (χ2n) is 3.90. The number of carbonyl (C=O) groups is 1. The summed E-state index contributed by atoms with van der Waals surface area (Å²) in [6, 6.07) is 3.99. The van der Waals surface area contributed by atoms with Gasteiger partial charge >= 0.3 is 0 Å². The number of carbonyl (C=O) groups excluding carboxylic acids is 1. The molecule has 1 aromatic rings. The number of rotatable bonds is 8. The van der Waals surface area contributed by atoms with Gasteiger partial charge in [-0.05, 0) is 25.1 Å². The zero-order valence-corrected chi connectivity index (χ0v) is 11.7. The lowest BCUT2D eigenvalue weighted by Gasteiger charge is -2.18. The van der Waals surface area contributed by atoms with Crippen molar-refractivity contribution in [1.29, 1.82) is 0 Å². The highest BCUT2D eigenvalue weighted by Crippen LogP contribution is 2.17. The highest BCUT2D eigenvalue weighted by atomic mass is 32.1. The van der Waals surface area contributed by atoms with Crippen molar-refractivity contribution in [3.8, 4) is 0 Å². The van der Waals surface area contributed by atoms with Gasteiger partial charge in [0.05, 0.1) is 18.0 Å². The Labute approximate surface area is 107 Å². The first-order valence-electron chi connectivity index (χ1n) is 6.04. The Kier molecular flexibility index (Phi) is 6.40. The van der Waals surface area contributed by atoms with Crippen LogP contribution in [0.25, 0.3) is 0 Å². The first-order chi connectivity index (χ1) is 8.21. The van der Waals surface area contributed by atoms with E-state index in [2.05, 4.69) is 18.7 Å². The minimum absolute atomic E-state index is 0.215. The monoisotopic (exact) mass is 255 g/mol. The molecule has 0 bridgehead atoms.